The van der Waals surface area contributed by atoms with Crippen LogP contribution in [0.5, 0.6) is 0 Å². The van der Waals surface area contributed by atoms with E-state index in [0.29, 0.717) is 13.0 Å². The number of methoxy groups -OCH3 is 1. The van der Waals surface area contributed by atoms with Gasteiger partial charge in [-0.3, -0.25) is 0 Å². The second kappa shape index (κ2) is 4.21. The molecule has 3 nitrogen and oxygen atoms in total. The summed E-state index contributed by atoms with van der Waals surface area (Å²) in [6, 6.07) is -0.0543. The lowest BCUT2D eigenvalue weighted by Gasteiger charge is -2.37. The monoisotopic (exact) mass is 173 g/mol. The highest BCUT2D eigenvalue weighted by Gasteiger charge is 2.35. The number of aliphatic hydroxyl groups is 1. The van der Waals surface area contributed by atoms with Crippen LogP contribution in [0.1, 0.15) is 32.1 Å². The minimum absolute atomic E-state index is 0.0543. The maximum atomic E-state index is 10.1. The largest absolute Gasteiger partial charge is 0.388 e. The fraction of sp³-hybridized carbons (Fsp3) is 1.00. The van der Waals surface area contributed by atoms with Crippen LogP contribution in [0.25, 0.3) is 0 Å². The Balaban J connectivity index is 2.42. The number of hydrogen-bond donors (Lipinski definition) is 2. The molecule has 0 aliphatic heterocycles. The first kappa shape index (κ1) is 9.96. The smallest absolute Gasteiger partial charge is 0.0819 e. The molecule has 3 N–H and O–H groups in total. The van der Waals surface area contributed by atoms with Gasteiger partial charge in [0.2, 0.25) is 0 Å². The van der Waals surface area contributed by atoms with Gasteiger partial charge in [0.15, 0.2) is 0 Å². The number of rotatable bonds is 3. The van der Waals surface area contributed by atoms with Gasteiger partial charge in [0.05, 0.1) is 5.60 Å². The van der Waals surface area contributed by atoms with Crippen LogP contribution in [-0.2, 0) is 4.74 Å². The van der Waals surface area contributed by atoms with Gasteiger partial charge in [-0.2, -0.15) is 0 Å². The van der Waals surface area contributed by atoms with E-state index in [1.165, 1.54) is 0 Å². The molecule has 1 aliphatic carbocycles. The fourth-order valence-corrected chi connectivity index (χ4v) is 1.84. The van der Waals surface area contributed by atoms with Crippen LogP contribution in [0.15, 0.2) is 0 Å². The van der Waals surface area contributed by atoms with Crippen LogP contribution in [-0.4, -0.2) is 30.5 Å². The van der Waals surface area contributed by atoms with Gasteiger partial charge in [-0.05, 0) is 12.8 Å². The lowest BCUT2D eigenvalue weighted by Crippen LogP contribution is -2.50. The summed E-state index contributed by atoms with van der Waals surface area (Å²) in [5, 5.41) is 10.1. The highest BCUT2D eigenvalue weighted by Crippen LogP contribution is 2.29. The molecule has 0 heterocycles. The normalized spacial score (nSPS) is 36.8. The second-order valence-corrected chi connectivity index (χ2v) is 3.70. The first-order chi connectivity index (χ1) is 5.69. The molecule has 0 radical (unpaired) electrons. The van der Waals surface area contributed by atoms with Gasteiger partial charge in [-0.15, -0.1) is 0 Å². The third-order valence-corrected chi connectivity index (χ3v) is 2.80. The van der Waals surface area contributed by atoms with Gasteiger partial charge in [0.1, 0.15) is 0 Å². The van der Waals surface area contributed by atoms with Gasteiger partial charge in [-0.1, -0.05) is 12.8 Å². The Morgan fingerprint density at radius 1 is 1.58 bits per heavy atom. The van der Waals surface area contributed by atoms with Crippen molar-refractivity contribution in [1.29, 1.82) is 0 Å². The van der Waals surface area contributed by atoms with Gasteiger partial charge in [-0.25, -0.2) is 0 Å². The topological polar surface area (TPSA) is 55.5 Å². The molecule has 0 aromatic heterocycles. The predicted molar refractivity (Wildman–Crippen MR) is 47.9 cm³/mol. The summed E-state index contributed by atoms with van der Waals surface area (Å²) in [6.07, 6.45) is 4.69. The summed E-state index contributed by atoms with van der Waals surface area (Å²) >= 11 is 0. The first-order valence-electron chi connectivity index (χ1n) is 4.66. The van der Waals surface area contributed by atoms with Gasteiger partial charge >= 0.3 is 0 Å². The van der Waals surface area contributed by atoms with E-state index < -0.39 is 5.60 Å². The Bertz CT molecular complexity index is 140. The van der Waals surface area contributed by atoms with Crippen LogP contribution >= 0.6 is 0 Å². The third-order valence-electron chi connectivity index (χ3n) is 2.80. The average Bonchev–Trinajstić information content (AvgIpc) is 2.07. The van der Waals surface area contributed by atoms with E-state index in [1.807, 2.05) is 0 Å². The molecule has 3 heteroatoms. The second-order valence-electron chi connectivity index (χ2n) is 3.70. The Morgan fingerprint density at radius 2 is 2.33 bits per heavy atom. The van der Waals surface area contributed by atoms with E-state index in [2.05, 4.69) is 0 Å². The Labute approximate surface area is 73.9 Å². The van der Waals surface area contributed by atoms with Crippen LogP contribution in [0, 0.1) is 0 Å². The molecule has 72 valence electrons. The molecular formula is C9H19NO2. The van der Waals surface area contributed by atoms with E-state index >= 15 is 0 Å². The fourth-order valence-electron chi connectivity index (χ4n) is 1.84. The molecule has 0 amide bonds. The summed E-state index contributed by atoms with van der Waals surface area (Å²) in [5.41, 5.74) is 5.19. The van der Waals surface area contributed by atoms with Crippen LogP contribution in [0.3, 0.4) is 0 Å². The summed E-state index contributed by atoms with van der Waals surface area (Å²) in [6.45, 7) is 0.601. The quantitative estimate of drug-likeness (QED) is 0.659. The molecule has 0 bridgehead atoms. The van der Waals surface area contributed by atoms with E-state index in [1.54, 1.807) is 7.11 Å². The van der Waals surface area contributed by atoms with Crippen molar-refractivity contribution >= 4 is 0 Å². The molecule has 12 heavy (non-hydrogen) atoms. The Hall–Kier alpha value is -0.120. The molecule has 0 aromatic carbocycles. The molecule has 0 saturated heterocycles. The third kappa shape index (κ3) is 2.19. The van der Waals surface area contributed by atoms with Gasteiger partial charge in [0.25, 0.3) is 0 Å². The van der Waals surface area contributed by atoms with E-state index in [-0.39, 0.29) is 6.04 Å². The van der Waals surface area contributed by atoms with Crippen molar-refractivity contribution in [2.45, 2.75) is 43.7 Å². The lowest BCUT2D eigenvalue weighted by molar-refractivity contribution is -0.0370. The van der Waals surface area contributed by atoms with Crippen molar-refractivity contribution in [3.63, 3.8) is 0 Å². The maximum absolute atomic E-state index is 10.1. The maximum Gasteiger partial charge on any atom is 0.0819 e. The van der Waals surface area contributed by atoms with Crippen molar-refractivity contribution in [2.75, 3.05) is 13.7 Å². The van der Waals surface area contributed by atoms with Crippen molar-refractivity contribution in [3.05, 3.63) is 0 Å². The molecule has 0 spiro atoms. The molecule has 1 rings (SSSR count). The minimum Gasteiger partial charge on any atom is -0.388 e. The minimum atomic E-state index is -0.658. The van der Waals surface area contributed by atoms with Gasteiger partial charge in [0, 0.05) is 26.2 Å². The molecule has 2 unspecified atom stereocenters. The molecule has 0 aromatic rings. The summed E-state index contributed by atoms with van der Waals surface area (Å²) in [5.74, 6) is 0. The predicted octanol–water partition coefficient (Wildman–Crippen LogP) is 0.655. The highest BCUT2D eigenvalue weighted by atomic mass is 16.5. The van der Waals surface area contributed by atoms with E-state index in [4.69, 9.17) is 10.5 Å². The van der Waals surface area contributed by atoms with Crippen molar-refractivity contribution in [1.82, 2.24) is 0 Å². The zero-order valence-electron chi connectivity index (χ0n) is 7.75. The van der Waals surface area contributed by atoms with Gasteiger partial charge < -0.3 is 15.6 Å². The van der Waals surface area contributed by atoms with Crippen LogP contribution in [0.4, 0.5) is 0 Å². The van der Waals surface area contributed by atoms with E-state index in [9.17, 15) is 5.11 Å². The SMILES string of the molecule is COCCC1(O)CCCCC1N. The van der Waals surface area contributed by atoms with Crippen molar-refractivity contribution in [3.8, 4) is 0 Å². The number of ether oxygens (including phenoxy) is 1. The van der Waals surface area contributed by atoms with E-state index in [0.717, 1.165) is 25.7 Å². The summed E-state index contributed by atoms with van der Waals surface area (Å²) < 4.78 is 4.94. The highest BCUT2D eigenvalue weighted by molar-refractivity contribution is 4.92. The molecule has 1 saturated carbocycles. The lowest BCUT2D eigenvalue weighted by atomic mass is 9.79. The molecular weight excluding hydrogens is 154 g/mol. The Kier molecular flexibility index (Phi) is 3.50. The Morgan fingerprint density at radius 3 is 2.92 bits per heavy atom. The number of nitrogens with two attached hydrogens (primary N) is 1. The summed E-state index contributed by atoms with van der Waals surface area (Å²) in [7, 11) is 1.65. The zero-order valence-corrected chi connectivity index (χ0v) is 7.75. The van der Waals surface area contributed by atoms with Crippen LogP contribution < -0.4 is 5.73 Å². The zero-order chi connectivity index (χ0) is 9.03. The standard InChI is InChI=1S/C9H19NO2/c1-12-7-6-9(11)5-3-2-4-8(9)10/h8,11H,2-7,10H2,1H3. The molecule has 1 fully saturated rings. The van der Waals surface area contributed by atoms with Crippen LogP contribution in [0.2, 0.25) is 0 Å². The first-order valence-corrected chi connectivity index (χ1v) is 4.66. The number of hydrogen-bond acceptors (Lipinski definition) is 3. The molecule has 1 aliphatic rings. The van der Waals surface area contributed by atoms with Crippen molar-refractivity contribution < 1.29 is 9.84 Å². The average molecular weight is 173 g/mol. The van der Waals surface area contributed by atoms with Crippen molar-refractivity contribution in [2.24, 2.45) is 5.73 Å². The molecule has 2 atom stereocenters. The summed E-state index contributed by atoms with van der Waals surface area (Å²) in [4.78, 5) is 0.